The Balaban J connectivity index is 2.91. The fourth-order valence-electron chi connectivity index (χ4n) is 1.26. The maximum atomic E-state index is 11.8. The number of benzene rings is 1. The van der Waals surface area contributed by atoms with Crippen molar-refractivity contribution in [2.75, 3.05) is 18.1 Å². The number of carbonyl (C=O) groups is 2. The van der Waals surface area contributed by atoms with E-state index >= 15 is 0 Å². The van der Waals surface area contributed by atoms with Gasteiger partial charge in [0.2, 0.25) is 6.29 Å². The Hall–Kier alpha value is -2.37. The Labute approximate surface area is 105 Å². The largest absolute Gasteiger partial charge is 0.449 e. The Kier molecular flexibility index (Phi) is 5.37. The van der Waals surface area contributed by atoms with Crippen LogP contribution in [0.25, 0.3) is 0 Å². The second-order valence-corrected chi connectivity index (χ2v) is 3.17. The van der Waals surface area contributed by atoms with Gasteiger partial charge in [0.15, 0.2) is 0 Å². The summed E-state index contributed by atoms with van der Waals surface area (Å²) in [5.74, 6) is 0. The monoisotopic (exact) mass is 249 g/mol. The van der Waals surface area contributed by atoms with Crippen LogP contribution in [0.4, 0.5) is 15.3 Å². The van der Waals surface area contributed by atoms with Crippen LogP contribution in [-0.4, -0.2) is 31.6 Å². The lowest BCUT2D eigenvalue weighted by atomic mass is 10.3. The van der Waals surface area contributed by atoms with E-state index in [1.54, 1.807) is 37.3 Å². The van der Waals surface area contributed by atoms with E-state index in [0.717, 1.165) is 4.90 Å². The van der Waals surface area contributed by atoms with Crippen molar-refractivity contribution in [3.8, 4) is 0 Å². The molecule has 0 aliphatic rings. The van der Waals surface area contributed by atoms with Gasteiger partial charge in [0.25, 0.3) is 0 Å². The first-order valence-corrected chi connectivity index (χ1v) is 5.35. The fraction of sp³-hybridized carbons (Fsp3) is 0.250. The van der Waals surface area contributed by atoms with Crippen LogP contribution in [0.3, 0.4) is 0 Å². The van der Waals surface area contributed by atoms with Gasteiger partial charge in [0.05, 0.1) is 18.8 Å². The lowest BCUT2D eigenvalue weighted by Crippen LogP contribution is -2.44. The summed E-state index contributed by atoms with van der Waals surface area (Å²) in [6, 6.07) is 7.55. The molecular formula is C12H13N2O4. The van der Waals surface area contributed by atoms with Gasteiger partial charge in [-0.25, -0.2) is 9.59 Å². The second kappa shape index (κ2) is 7.05. The molecule has 0 saturated heterocycles. The predicted octanol–water partition coefficient (Wildman–Crippen LogP) is 1.47. The first-order chi connectivity index (χ1) is 8.70. The summed E-state index contributed by atoms with van der Waals surface area (Å²) in [6.45, 7) is 1.50. The highest BCUT2D eigenvalue weighted by Crippen LogP contribution is 2.14. The molecule has 0 bridgehead atoms. The molecule has 18 heavy (non-hydrogen) atoms. The smallest absolute Gasteiger partial charge is 0.422 e. The molecule has 1 radical (unpaired) electrons. The number of nitrogens with zero attached hydrogens (tertiary/aromatic N) is 1. The fourth-order valence-corrected chi connectivity index (χ4v) is 1.26. The van der Waals surface area contributed by atoms with E-state index in [-0.39, 0.29) is 13.2 Å². The van der Waals surface area contributed by atoms with E-state index in [0.29, 0.717) is 5.69 Å². The number of nitrogens with one attached hydrogen (secondary N) is 1. The normalized spacial score (nSPS) is 9.39. The summed E-state index contributed by atoms with van der Waals surface area (Å²) in [7, 11) is 0. The van der Waals surface area contributed by atoms with Gasteiger partial charge >= 0.3 is 12.1 Å². The SMILES string of the molecule is CCOC(=O)N(C(=O)NC[C]=O)c1ccccc1. The van der Waals surface area contributed by atoms with Crippen LogP contribution in [0, 0.1) is 0 Å². The van der Waals surface area contributed by atoms with Crippen molar-refractivity contribution in [1.29, 1.82) is 0 Å². The van der Waals surface area contributed by atoms with Crippen LogP contribution < -0.4 is 10.2 Å². The quantitative estimate of drug-likeness (QED) is 0.876. The number of hydrogen-bond acceptors (Lipinski definition) is 4. The molecule has 0 saturated carbocycles. The number of imide groups is 1. The lowest BCUT2D eigenvalue weighted by molar-refractivity contribution is 0.160. The van der Waals surface area contributed by atoms with Crippen LogP contribution in [0.15, 0.2) is 30.3 Å². The Morgan fingerprint density at radius 3 is 2.56 bits per heavy atom. The minimum absolute atomic E-state index is 0.148. The van der Waals surface area contributed by atoms with Crippen molar-refractivity contribution in [3.63, 3.8) is 0 Å². The zero-order valence-corrected chi connectivity index (χ0v) is 9.88. The molecule has 1 aromatic carbocycles. The predicted molar refractivity (Wildman–Crippen MR) is 65.0 cm³/mol. The average Bonchev–Trinajstić information content (AvgIpc) is 2.38. The van der Waals surface area contributed by atoms with Crippen LogP contribution in [-0.2, 0) is 9.53 Å². The topological polar surface area (TPSA) is 75.7 Å². The second-order valence-electron chi connectivity index (χ2n) is 3.17. The van der Waals surface area contributed by atoms with Gasteiger partial charge in [-0.1, -0.05) is 18.2 Å². The Bertz CT molecular complexity index is 419. The maximum Gasteiger partial charge on any atom is 0.422 e. The van der Waals surface area contributed by atoms with Crippen LogP contribution in [0.5, 0.6) is 0 Å². The number of hydrogen-bond donors (Lipinski definition) is 1. The molecule has 95 valence electrons. The van der Waals surface area contributed by atoms with Crippen LogP contribution in [0.2, 0.25) is 0 Å². The molecular weight excluding hydrogens is 236 g/mol. The molecule has 1 rings (SSSR count). The maximum absolute atomic E-state index is 11.8. The Morgan fingerprint density at radius 1 is 1.33 bits per heavy atom. The number of para-hydroxylation sites is 1. The number of rotatable bonds is 4. The highest BCUT2D eigenvalue weighted by atomic mass is 16.6. The van der Waals surface area contributed by atoms with E-state index < -0.39 is 12.1 Å². The van der Waals surface area contributed by atoms with Crippen molar-refractivity contribution in [2.24, 2.45) is 0 Å². The zero-order chi connectivity index (χ0) is 13.4. The van der Waals surface area contributed by atoms with E-state index in [1.807, 2.05) is 0 Å². The van der Waals surface area contributed by atoms with Gasteiger partial charge < -0.3 is 10.1 Å². The first-order valence-electron chi connectivity index (χ1n) is 5.35. The lowest BCUT2D eigenvalue weighted by Gasteiger charge is -2.19. The van der Waals surface area contributed by atoms with Crippen molar-refractivity contribution in [3.05, 3.63) is 30.3 Å². The molecule has 0 aromatic heterocycles. The number of urea groups is 1. The van der Waals surface area contributed by atoms with Gasteiger partial charge in [0, 0.05) is 0 Å². The van der Waals surface area contributed by atoms with Crippen molar-refractivity contribution in [1.82, 2.24) is 5.32 Å². The van der Waals surface area contributed by atoms with E-state index in [4.69, 9.17) is 4.74 Å². The van der Waals surface area contributed by atoms with Crippen molar-refractivity contribution in [2.45, 2.75) is 6.92 Å². The Morgan fingerprint density at radius 2 is 2.00 bits per heavy atom. The molecule has 0 aliphatic heterocycles. The molecule has 1 N–H and O–H groups in total. The van der Waals surface area contributed by atoms with Gasteiger partial charge in [0.1, 0.15) is 0 Å². The summed E-state index contributed by atoms with van der Waals surface area (Å²) in [4.78, 5) is 34.4. The molecule has 0 heterocycles. The standard InChI is InChI=1S/C12H13N2O4/c1-2-18-12(17)14(11(16)13-8-9-15)10-6-4-3-5-7-10/h3-7H,2,8H2,1H3,(H,13,16). The zero-order valence-electron chi connectivity index (χ0n) is 9.88. The summed E-state index contributed by atoms with van der Waals surface area (Å²) in [5, 5.41) is 2.23. The van der Waals surface area contributed by atoms with Crippen molar-refractivity contribution < 1.29 is 19.1 Å². The molecule has 6 nitrogen and oxygen atoms in total. The summed E-state index contributed by atoms with van der Waals surface area (Å²) >= 11 is 0. The van der Waals surface area contributed by atoms with E-state index in [9.17, 15) is 14.4 Å². The minimum Gasteiger partial charge on any atom is -0.449 e. The molecule has 6 heteroatoms. The first kappa shape index (κ1) is 13.7. The van der Waals surface area contributed by atoms with Gasteiger partial charge in [-0.3, -0.25) is 4.79 Å². The third-order valence-electron chi connectivity index (χ3n) is 1.98. The van der Waals surface area contributed by atoms with Crippen LogP contribution in [0.1, 0.15) is 6.92 Å². The summed E-state index contributed by atoms with van der Waals surface area (Å²) < 4.78 is 4.79. The minimum atomic E-state index is -0.799. The highest BCUT2D eigenvalue weighted by molar-refractivity contribution is 6.11. The molecule has 1 aromatic rings. The number of amides is 3. The molecule has 3 amide bonds. The van der Waals surface area contributed by atoms with Gasteiger partial charge in [-0.2, -0.15) is 4.90 Å². The van der Waals surface area contributed by atoms with Crippen molar-refractivity contribution >= 4 is 24.1 Å². The van der Waals surface area contributed by atoms with E-state index in [2.05, 4.69) is 5.32 Å². The molecule has 0 atom stereocenters. The summed E-state index contributed by atoms with van der Waals surface area (Å²) in [5.41, 5.74) is 0.361. The van der Waals surface area contributed by atoms with Gasteiger partial charge in [-0.15, -0.1) is 0 Å². The molecule has 0 aliphatic carbocycles. The summed E-state index contributed by atoms with van der Waals surface area (Å²) in [6.07, 6.45) is 0.716. The van der Waals surface area contributed by atoms with Gasteiger partial charge in [-0.05, 0) is 19.1 Å². The molecule has 0 unspecified atom stereocenters. The molecule has 0 fully saturated rings. The number of anilines is 1. The third-order valence-corrected chi connectivity index (χ3v) is 1.98. The average molecular weight is 249 g/mol. The number of ether oxygens (including phenoxy) is 1. The highest BCUT2D eigenvalue weighted by Gasteiger charge is 2.24. The number of carbonyl (C=O) groups excluding carboxylic acids is 3. The van der Waals surface area contributed by atoms with Crippen LogP contribution >= 0.6 is 0 Å². The molecule has 0 spiro atoms. The third kappa shape index (κ3) is 3.58. The van der Waals surface area contributed by atoms with E-state index in [1.165, 1.54) is 6.29 Å².